The molecule has 1 unspecified atom stereocenters. The molecule has 1 aliphatic heterocycles. The van der Waals surface area contributed by atoms with E-state index in [2.05, 4.69) is 19.9 Å². The molecule has 0 saturated heterocycles. The number of hydrogen-bond donors (Lipinski definition) is 3. The van der Waals surface area contributed by atoms with Gasteiger partial charge < -0.3 is 15.3 Å². The molecule has 182 valence electrons. The third-order valence-corrected chi connectivity index (χ3v) is 9.03. The second-order valence-corrected chi connectivity index (χ2v) is 12.0. The van der Waals surface area contributed by atoms with Crippen LogP contribution in [0.4, 0.5) is 0 Å². The van der Waals surface area contributed by atoms with E-state index in [0.29, 0.717) is 36.7 Å². The summed E-state index contributed by atoms with van der Waals surface area (Å²) in [7, 11) is 0. The summed E-state index contributed by atoms with van der Waals surface area (Å²) in [5.41, 5.74) is 3.17. The summed E-state index contributed by atoms with van der Waals surface area (Å²) in [6, 6.07) is 0. The maximum atomic E-state index is 10.4. The maximum absolute atomic E-state index is 10.4. The highest BCUT2D eigenvalue weighted by Crippen LogP contribution is 2.60. The zero-order chi connectivity index (χ0) is 23.1. The monoisotopic (exact) mass is 448 g/mol. The molecule has 3 N–H and O–H groups in total. The highest BCUT2D eigenvalue weighted by Gasteiger charge is 2.51. The molecule has 7 atom stereocenters. The fraction of sp³-hybridized carbons (Fsp3) is 0.852. The molecule has 4 rings (SSSR count). The van der Waals surface area contributed by atoms with Gasteiger partial charge in [-0.05, 0) is 99.2 Å². The van der Waals surface area contributed by atoms with Gasteiger partial charge in [0.2, 0.25) is 0 Å². The Hall–Kier alpha value is -0.720. The van der Waals surface area contributed by atoms with E-state index in [1.165, 1.54) is 37.7 Å². The third kappa shape index (κ3) is 5.02. The van der Waals surface area contributed by atoms with Gasteiger partial charge in [0.15, 0.2) is 0 Å². The SMILES string of the molecule is C[C@H](CCCC(C)(C)O)[C@H]1CC[C@H]2C(=CC3OOCC4=C3C[C@@H](O)C[C@@H]4O)CCC[C@]12C. The van der Waals surface area contributed by atoms with Crippen molar-refractivity contribution in [2.24, 2.45) is 23.2 Å². The highest BCUT2D eigenvalue weighted by molar-refractivity contribution is 5.33. The lowest BCUT2D eigenvalue weighted by Crippen LogP contribution is -2.38. The van der Waals surface area contributed by atoms with Gasteiger partial charge in [-0.3, -0.25) is 0 Å². The van der Waals surface area contributed by atoms with Crippen LogP contribution in [0.2, 0.25) is 0 Å². The van der Waals surface area contributed by atoms with Crippen molar-refractivity contribution < 1.29 is 25.1 Å². The van der Waals surface area contributed by atoms with Gasteiger partial charge in [-0.2, -0.15) is 0 Å². The van der Waals surface area contributed by atoms with Gasteiger partial charge in [0, 0.05) is 6.42 Å². The van der Waals surface area contributed by atoms with E-state index in [0.717, 1.165) is 36.3 Å². The van der Waals surface area contributed by atoms with E-state index < -0.39 is 17.8 Å². The van der Waals surface area contributed by atoms with Crippen molar-refractivity contribution in [3.63, 3.8) is 0 Å². The van der Waals surface area contributed by atoms with Crippen molar-refractivity contribution in [2.45, 2.75) is 116 Å². The molecule has 0 aromatic heterocycles. The number of fused-ring (bicyclic) bond motifs is 1. The molecule has 4 aliphatic rings. The van der Waals surface area contributed by atoms with E-state index in [9.17, 15) is 15.3 Å². The maximum Gasteiger partial charge on any atom is 0.133 e. The largest absolute Gasteiger partial charge is 0.393 e. The zero-order valence-electron chi connectivity index (χ0n) is 20.5. The van der Waals surface area contributed by atoms with Crippen molar-refractivity contribution in [3.05, 3.63) is 22.8 Å². The molecule has 1 heterocycles. The van der Waals surface area contributed by atoms with Gasteiger partial charge in [-0.25, -0.2) is 9.78 Å². The molecule has 32 heavy (non-hydrogen) atoms. The minimum absolute atomic E-state index is 0.288. The number of allylic oxidation sites excluding steroid dienone is 1. The molecule has 0 aromatic rings. The average molecular weight is 449 g/mol. The topological polar surface area (TPSA) is 79.2 Å². The van der Waals surface area contributed by atoms with E-state index in [1.54, 1.807) is 0 Å². The third-order valence-electron chi connectivity index (χ3n) is 9.03. The van der Waals surface area contributed by atoms with Crippen LogP contribution in [-0.4, -0.2) is 45.8 Å². The molecule has 0 bridgehead atoms. The average Bonchev–Trinajstić information content (AvgIpc) is 3.05. The first-order chi connectivity index (χ1) is 15.1. The van der Waals surface area contributed by atoms with Crippen LogP contribution in [0.15, 0.2) is 22.8 Å². The van der Waals surface area contributed by atoms with Gasteiger partial charge >= 0.3 is 0 Å². The predicted octanol–water partition coefficient (Wildman–Crippen LogP) is 4.85. The van der Waals surface area contributed by atoms with Gasteiger partial charge in [-0.15, -0.1) is 0 Å². The second kappa shape index (κ2) is 9.50. The smallest absolute Gasteiger partial charge is 0.133 e. The molecule has 0 amide bonds. The van der Waals surface area contributed by atoms with Crippen LogP contribution in [0.5, 0.6) is 0 Å². The minimum atomic E-state index is -0.629. The van der Waals surface area contributed by atoms with Crippen molar-refractivity contribution in [1.82, 2.24) is 0 Å². The molecule has 5 heteroatoms. The molecule has 5 nitrogen and oxygen atoms in total. The Balaban J connectivity index is 1.49. The fourth-order valence-electron chi connectivity index (χ4n) is 7.39. The molecular weight excluding hydrogens is 404 g/mol. The standard InChI is InChI=1S/C27H44O5/c1-17(7-5-11-26(2,3)30)22-9-10-23-18(8-6-12-27(22,23)4)13-25-20-14-19(28)15-24(29)21(20)16-31-32-25/h13,17,19,22-25,28-30H,5-12,14-16H2,1-4H3/t17-,19-,22-,23+,24+,25?,27-/m1/s1. The lowest BCUT2D eigenvalue weighted by atomic mass is 9.60. The first-order valence-electron chi connectivity index (χ1n) is 12.9. The summed E-state index contributed by atoms with van der Waals surface area (Å²) in [4.78, 5) is 11.1. The van der Waals surface area contributed by atoms with Crippen LogP contribution in [0.1, 0.15) is 91.9 Å². The second-order valence-electron chi connectivity index (χ2n) is 12.0. The molecule has 2 saturated carbocycles. The van der Waals surface area contributed by atoms with Crippen LogP contribution >= 0.6 is 0 Å². The van der Waals surface area contributed by atoms with E-state index in [-0.39, 0.29) is 6.10 Å². The molecule has 3 aliphatic carbocycles. The summed E-state index contributed by atoms with van der Waals surface area (Å²) in [5, 5.41) is 30.7. The van der Waals surface area contributed by atoms with Crippen molar-refractivity contribution >= 4 is 0 Å². The summed E-state index contributed by atoms with van der Waals surface area (Å²) >= 11 is 0. The molecule has 0 radical (unpaired) electrons. The Bertz CT molecular complexity index is 735. The summed E-state index contributed by atoms with van der Waals surface area (Å²) in [6.07, 6.45) is 11.0. The fourth-order valence-corrected chi connectivity index (χ4v) is 7.39. The first-order valence-corrected chi connectivity index (χ1v) is 12.9. The lowest BCUT2D eigenvalue weighted by molar-refractivity contribution is -0.312. The number of aliphatic hydroxyl groups excluding tert-OH is 2. The van der Waals surface area contributed by atoms with E-state index >= 15 is 0 Å². The number of rotatable bonds is 6. The first kappa shape index (κ1) is 24.4. The van der Waals surface area contributed by atoms with Crippen LogP contribution in [0.25, 0.3) is 0 Å². The number of hydrogen-bond acceptors (Lipinski definition) is 5. The Morgan fingerprint density at radius 3 is 2.75 bits per heavy atom. The van der Waals surface area contributed by atoms with Crippen LogP contribution in [0.3, 0.4) is 0 Å². The Labute approximate surface area is 193 Å². The summed E-state index contributed by atoms with van der Waals surface area (Å²) in [5.74, 6) is 1.96. The number of aliphatic hydroxyl groups is 3. The highest BCUT2D eigenvalue weighted by atomic mass is 17.2. The normalized spacial score (nSPS) is 40.3. The minimum Gasteiger partial charge on any atom is -0.393 e. The quantitative estimate of drug-likeness (QED) is 0.400. The summed E-state index contributed by atoms with van der Waals surface area (Å²) < 4.78 is 0. The van der Waals surface area contributed by atoms with Crippen LogP contribution < -0.4 is 0 Å². The van der Waals surface area contributed by atoms with E-state index in [1.807, 2.05) is 13.8 Å². The van der Waals surface area contributed by atoms with Gasteiger partial charge in [0.25, 0.3) is 0 Å². The molecule has 0 aromatic carbocycles. The Morgan fingerprint density at radius 1 is 1.22 bits per heavy atom. The van der Waals surface area contributed by atoms with Crippen molar-refractivity contribution in [1.29, 1.82) is 0 Å². The van der Waals surface area contributed by atoms with Crippen LogP contribution in [0, 0.1) is 23.2 Å². The zero-order valence-corrected chi connectivity index (χ0v) is 20.5. The van der Waals surface area contributed by atoms with Gasteiger partial charge in [-0.1, -0.05) is 32.3 Å². The van der Waals surface area contributed by atoms with Crippen LogP contribution in [-0.2, 0) is 9.78 Å². The molecular formula is C27H44O5. The Morgan fingerprint density at radius 2 is 2.00 bits per heavy atom. The predicted molar refractivity (Wildman–Crippen MR) is 125 cm³/mol. The summed E-state index contributed by atoms with van der Waals surface area (Å²) in [6.45, 7) is 9.04. The van der Waals surface area contributed by atoms with Crippen molar-refractivity contribution in [2.75, 3.05) is 6.61 Å². The molecule has 0 spiro atoms. The van der Waals surface area contributed by atoms with Gasteiger partial charge in [0.1, 0.15) is 12.7 Å². The van der Waals surface area contributed by atoms with Gasteiger partial charge in [0.05, 0.1) is 17.8 Å². The Kier molecular flexibility index (Phi) is 7.24. The molecule has 2 fully saturated rings. The lowest BCUT2D eigenvalue weighted by Gasteiger charge is -2.45. The van der Waals surface area contributed by atoms with Crippen molar-refractivity contribution in [3.8, 4) is 0 Å². The van der Waals surface area contributed by atoms with E-state index in [4.69, 9.17) is 9.78 Å².